The van der Waals surface area contributed by atoms with Gasteiger partial charge in [0.1, 0.15) is 5.82 Å². The highest BCUT2D eigenvalue weighted by molar-refractivity contribution is 5.95. The lowest BCUT2D eigenvalue weighted by Crippen LogP contribution is -2.49. The molecule has 33 heavy (non-hydrogen) atoms. The van der Waals surface area contributed by atoms with Crippen molar-refractivity contribution >= 4 is 11.7 Å². The maximum Gasteiger partial charge on any atom is 0.417 e. The van der Waals surface area contributed by atoms with Crippen molar-refractivity contribution in [3.8, 4) is 5.69 Å². The summed E-state index contributed by atoms with van der Waals surface area (Å²) >= 11 is 0. The van der Waals surface area contributed by atoms with Crippen molar-refractivity contribution in [2.24, 2.45) is 0 Å². The summed E-state index contributed by atoms with van der Waals surface area (Å²) in [7, 11) is 0. The number of aromatic nitrogens is 3. The summed E-state index contributed by atoms with van der Waals surface area (Å²) in [5.74, 6) is 0.479. The highest BCUT2D eigenvalue weighted by atomic mass is 19.4. The maximum absolute atomic E-state index is 13.3. The van der Waals surface area contributed by atoms with Crippen molar-refractivity contribution in [2.75, 3.05) is 31.1 Å². The first-order valence-corrected chi connectivity index (χ1v) is 10.9. The van der Waals surface area contributed by atoms with Crippen molar-refractivity contribution < 1.29 is 18.0 Å². The van der Waals surface area contributed by atoms with Crippen molar-refractivity contribution in [2.45, 2.75) is 32.9 Å². The largest absolute Gasteiger partial charge is 0.417 e. The minimum atomic E-state index is -4.41. The second-order valence-corrected chi connectivity index (χ2v) is 8.53. The molecule has 1 aliphatic heterocycles. The quantitative estimate of drug-likeness (QED) is 0.571. The number of rotatable bonds is 4. The van der Waals surface area contributed by atoms with E-state index in [1.165, 1.54) is 6.07 Å². The lowest BCUT2D eigenvalue weighted by Gasteiger charge is -2.35. The third-order valence-corrected chi connectivity index (χ3v) is 5.83. The molecule has 0 saturated carbocycles. The van der Waals surface area contributed by atoms with E-state index in [-0.39, 0.29) is 11.8 Å². The second-order valence-electron chi connectivity index (χ2n) is 8.53. The molecule has 174 valence electrons. The molecule has 0 unspecified atom stereocenters. The van der Waals surface area contributed by atoms with Crippen LogP contribution in [0.15, 0.2) is 48.8 Å². The minimum absolute atomic E-state index is 0.0860. The maximum atomic E-state index is 13.3. The first-order valence-electron chi connectivity index (χ1n) is 10.9. The summed E-state index contributed by atoms with van der Waals surface area (Å²) in [4.78, 5) is 21.0. The predicted molar refractivity (Wildman–Crippen MR) is 120 cm³/mol. The fourth-order valence-corrected chi connectivity index (χ4v) is 4.02. The number of piperazine rings is 1. The Hall–Kier alpha value is -3.36. The van der Waals surface area contributed by atoms with Crippen molar-refractivity contribution in [1.82, 2.24) is 19.7 Å². The van der Waals surface area contributed by atoms with E-state index in [1.807, 2.05) is 54.6 Å². The number of aryl methyl sites for hydroxylation is 1. The Morgan fingerprint density at radius 2 is 1.64 bits per heavy atom. The van der Waals surface area contributed by atoms with Crippen LogP contribution in [0.3, 0.4) is 0 Å². The summed E-state index contributed by atoms with van der Waals surface area (Å²) in [5, 5.41) is 4.50. The Kier molecular flexibility index (Phi) is 6.14. The molecule has 0 spiro atoms. The van der Waals surface area contributed by atoms with Crippen LogP contribution in [-0.2, 0) is 6.18 Å². The van der Waals surface area contributed by atoms with Gasteiger partial charge in [-0.05, 0) is 37.1 Å². The molecule has 2 aromatic heterocycles. The number of anilines is 1. The van der Waals surface area contributed by atoms with E-state index in [9.17, 15) is 18.0 Å². The van der Waals surface area contributed by atoms with Gasteiger partial charge in [-0.15, -0.1) is 0 Å². The van der Waals surface area contributed by atoms with Gasteiger partial charge in [0, 0.05) is 32.4 Å². The molecule has 0 bridgehead atoms. The van der Waals surface area contributed by atoms with Gasteiger partial charge in [-0.25, -0.2) is 9.67 Å². The fraction of sp³-hybridized carbons (Fsp3) is 0.375. The van der Waals surface area contributed by atoms with E-state index < -0.39 is 11.7 Å². The number of carbonyl (C=O) groups is 1. The smallest absolute Gasteiger partial charge is 0.353 e. The van der Waals surface area contributed by atoms with E-state index in [0.717, 1.165) is 29.2 Å². The molecule has 3 heterocycles. The summed E-state index contributed by atoms with van der Waals surface area (Å²) in [6, 6.07) is 10.4. The number of hydrogen-bond donors (Lipinski definition) is 0. The SMILES string of the molecule is Cc1ccc(-n2ncc(C(=O)N3CCN(c4ccc(C(F)(F)F)cn4)CC3)c2C(C)C)cc1. The number of pyridine rings is 1. The summed E-state index contributed by atoms with van der Waals surface area (Å²) in [6.07, 6.45) is -1.93. The van der Waals surface area contributed by atoms with Gasteiger partial charge in [-0.1, -0.05) is 31.5 Å². The van der Waals surface area contributed by atoms with Gasteiger partial charge in [0.15, 0.2) is 0 Å². The van der Waals surface area contributed by atoms with E-state index in [0.29, 0.717) is 37.6 Å². The molecule has 4 rings (SSSR count). The van der Waals surface area contributed by atoms with Gasteiger partial charge >= 0.3 is 6.18 Å². The van der Waals surface area contributed by atoms with Gasteiger partial charge in [0.05, 0.1) is 28.7 Å². The van der Waals surface area contributed by atoms with Crippen LogP contribution >= 0.6 is 0 Å². The number of halogens is 3. The van der Waals surface area contributed by atoms with Gasteiger partial charge in [-0.2, -0.15) is 18.3 Å². The van der Waals surface area contributed by atoms with Crippen LogP contribution in [-0.4, -0.2) is 51.8 Å². The van der Waals surface area contributed by atoms with E-state index in [2.05, 4.69) is 10.1 Å². The number of nitrogens with zero attached hydrogens (tertiary/aromatic N) is 5. The van der Waals surface area contributed by atoms with Gasteiger partial charge < -0.3 is 9.80 Å². The van der Waals surface area contributed by atoms with Gasteiger partial charge in [-0.3, -0.25) is 4.79 Å². The minimum Gasteiger partial charge on any atom is -0.353 e. The number of amides is 1. The lowest BCUT2D eigenvalue weighted by molar-refractivity contribution is -0.137. The van der Waals surface area contributed by atoms with Crippen molar-refractivity contribution in [1.29, 1.82) is 0 Å². The van der Waals surface area contributed by atoms with E-state index >= 15 is 0 Å². The number of alkyl halides is 3. The molecule has 1 amide bonds. The Balaban J connectivity index is 1.48. The topological polar surface area (TPSA) is 54.3 Å². The Labute approximate surface area is 190 Å². The number of carbonyl (C=O) groups excluding carboxylic acids is 1. The highest BCUT2D eigenvalue weighted by Gasteiger charge is 2.32. The molecule has 0 N–H and O–H groups in total. The molecule has 0 aliphatic carbocycles. The normalized spacial score (nSPS) is 14.8. The van der Waals surface area contributed by atoms with Crippen molar-refractivity contribution in [3.05, 3.63) is 71.2 Å². The average molecular weight is 458 g/mol. The van der Waals surface area contributed by atoms with Gasteiger partial charge in [0.25, 0.3) is 5.91 Å². The number of benzene rings is 1. The lowest BCUT2D eigenvalue weighted by atomic mass is 10.0. The summed E-state index contributed by atoms with van der Waals surface area (Å²) in [6.45, 7) is 7.98. The first kappa shape index (κ1) is 22.8. The van der Waals surface area contributed by atoms with Crippen LogP contribution < -0.4 is 4.90 Å². The summed E-state index contributed by atoms with van der Waals surface area (Å²) in [5.41, 5.74) is 2.71. The molecule has 1 saturated heterocycles. The zero-order valence-corrected chi connectivity index (χ0v) is 18.8. The third-order valence-electron chi connectivity index (χ3n) is 5.83. The second kappa shape index (κ2) is 8.88. The number of hydrogen-bond acceptors (Lipinski definition) is 4. The van der Waals surface area contributed by atoms with Crippen LogP contribution in [0.25, 0.3) is 5.69 Å². The Morgan fingerprint density at radius 1 is 0.970 bits per heavy atom. The molecule has 1 aromatic carbocycles. The van der Waals surface area contributed by atoms with Crippen LogP contribution in [0.4, 0.5) is 19.0 Å². The zero-order valence-electron chi connectivity index (χ0n) is 18.8. The van der Waals surface area contributed by atoms with E-state index in [1.54, 1.807) is 11.1 Å². The first-order chi connectivity index (χ1) is 15.6. The van der Waals surface area contributed by atoms with E-state index in [4.69, 9.17) is 0 Å². The molecular formula is C24H26F3N5O. The molecule has 1 fully saturated rings. The standard InChI is InChI=1S/C24H26F3N5O/c1-16(2)22-20(15-29-32(22)19-7-4-17(3)5-8-19)23(33)31-12-10-30(11-13-31)21-9-6-18(14-28-21)24(25,26)27/h4-9,14-16H,10-13H2,1-3H3. The molecule has 6 nitrogen and oxygen atoms in total. The Morgan fingerprint density at radius 3 is 2.18 bits per heavy atom. The summed E-state index contributed by atoms with van der Waals surface area (Å²) < 4.78 is 40.1. The molecule has 1 aliphatic rings. The van der Waals surface area contributed by atoms with Gasteiger partial charge in [0.2, 0.25) is 0 Å². The molecule has 0 atom stereocenters. The zero-order chi connectivity index (χ0) is 23.8. The monoisotopic (exact) mass is 457 g/mol. The van der Waals surface area contributed by atoms with Crippen LogP contribution in [0.5, 0.6) is 0 Å². The van der Waals surface area contributed by atoms with Crippen molar-refractivity contribution in [3.63, 3.8) is 0 Å². The molecular weight excluding hydrogens is 431 g/mol. The molecule has 0 radical (unpaired) electrons. The Bertz CT molecular complexity index is 1110. The van der Waals surface area contributed by atoms with Crippen LogP contribution in [0.2, 0.25) is 0 Å². The molecule has 3 aromatic rings. The van der Waals surface area contributed by atoms with Crippen LogP contribution in [0.1, 0.15) is 46.9 Å². The predicted octanol–water partition coefficient (Wildman–Crippen LogP) is 4.68. The average Bonchev–Trinajstić information content (AvgIpc) is 3.24. The fourth-order valence-electron chi connectivity index (χ4n) is 4.02. The van der Waals surface area contributed by atoms with Crippen LogP contribution in [0, 0.1) is 6.92 Å². The molecule has 9 heteroatoms. The highest BCUT2D eigenvalue weighted by Crippen LogP contribution is 2.30. The third kappa shape index (κ3) is 4.72.